The first kappa shape index (κ1) is 9.73. The number of oxazole rings is 1. The van der Waals surface area contributed by atoms with Gasteiger partial charge < -0.3 is 14.6 Å². The molecule has 4 nitrogen and oxygen atoms in total. The van der Waals surface area contributed by atoms with Crippen molar-refractivity contribution >= 4 is 0 Å². The molecule has 0 aliphatic rings. The van der Waals surface area contributed by atoms with Gasteiger partial charge in [-0.25, -0.2) is 4.98 Å². The molecule has 0 saturated heterocycles. The third-order valence-electron chi connectivity index (χ3n) is 2.07. The molecule has 78 valence electrons. The molecule has 0 radical (unpaired) electrons. The number of phenolic OH excluding ortho intramolecular Hbond substituents is 1. The first-order valence-corrected chi connectivity index (χ1v) is 4.60. The number of nitrogens with zero attached hydrogens (tertiary/aromatic N) is 1. The molecule has 1 heterocycles. The standard InChI is InChI=1S/C11H11NO3/c1-7(13)10-6-12-11(15-10)8-4-2-3-5-9(8)14/h2-7,13-14H,1H3. The molecule has 0 aliphatic heterocycles. The molecular formula is C11H11NO3. The van der Waals surface area contributed by atoms with Crippen molar-refractivity contribution in [2.24, 2.45) is 0 Å². The lowest BCUT2D eigenvalue weighted by Crippen LogP contribution is -1.85. The van der Waals surface area contributed by atoms with Crippen molar-refractivity contribution in [1.82, 2.24) is 4.98 Å². The number of rotatable bonds is 2. The van der Waals surface area contributed by atoms with E-state index in [0.717, 1.165) is 0 Å². The molecule has 1 atom stereocenters. The summed E-state index contributed by atoms with van der Waals surface area (Å²) in [5.74, 6) is 0.800. The quantitative estimate of drug-likeness (QED) is 0.787. The first-order valence-electron chi connectivity index (χ1n) is 4.60. The van der Waals surface area contributed by atoms with E-state index in [1.165, 1.54) is 6.20 Å². The second-order valence-electron chi connectivity index (χ2n) is 3.26. The molecule has 15 heavy (non-hydrogen) atoms. The topological polar surface area (TPSA) is 66.5 Å². The van der Waals surface area contributed by atoms with Gasteiger partial charge in [0.2, 0.25) is 5.89 Å². The largest absolute Gasteiger partial charge is 0.507 e. The van der Waals surface area contributed by atoms with Crippen LogP contribution < -0.4 is 0 Å². The number of aromatic hydroxyl groups is 1. The van der Waals surface area contributed by atoms with E-state index < -0.39 is 6.10 Å². The second kappa shape index (κ2) is 3.74. The third kappa shape index (κ3) is 1.85. The minimum absolute atomic E-state index is 0.108. The number of hydrogen-bond acceptors (Lipinski definition) is 4. The zero-order valence-corrected chi connectivity index (χ0v) is 8.21. The molecule has 2 rings (SSSR count). The van der Waals surface area contributed by atoms with E-state index in [1.54, 1.807) is 31.2 Å². The molecular weight excluding hydrogens is 194 g/mol. The van der Waals surface area contributed by atoms with Gasteiger partial charge in [0.05, 0.1) is 11.8 Å². The van der Waals surface area contributed by atoms with Crippen LogP contribution in [0.1, 0.15) is 18.8 Å². The van der Waals surface area contributed by atoms with Crippen LogP contribution in [0.15, 0.2) is 34.9 Å². The lowest BCUT2D eigenvalue weighted by Gasteiger charge is -1.99. The summed E-state index contributed by atoms with van der Waals surface area (Å²) in [6.45, 7) is 1.59. The van der Waals surface area contributed by atoms with Gasteiger partial charge in [-0.05, 0) is 19.1 Å². The highest BCUT2D eigenvalue weighted by atomic mass is 16.4. The maximum atomic E-state index is 9.55. The van der Waals surface area contributed by atoms with Crippen LogP contribution in [0.5, 0.6) is 5.75 Å². The number of aromatic nitrogens is 1. The number of aliphatic hydroxyl groups is 1. The normalized spacial score (nSPS) is 12.7. The molecule has 0 amide bonds. The van der Waals surface area contributed by atoms with E-state index in [0.29, 0.717) is 17.2 Å². The highest BCUT2D eigenvalue weighted by Crippen LogP contribution is 2.29. The fourth-order valence-corrected chi connectivity index (χ4v) is 1.26. The van der Waals surface area contributed by atoms with Crippen molar-refractivity contribution in [3.8, 4) is 17.2 Å². The van der Waals surface area contributed by atoms with Gasteiger partial charge in [0.25, 0.3) is 0 Å². The number of benzene rings is 1. The van der Waals surface area contributed by atoms with Crippen molar-refractivity contribution in [3.63, 3.8) is 0 Å². The molecule has 2 N–H and O–H groups in total. The van der Waals surface area contributed by atoms with E-state index >= 15 is 0 Å². The summed E-state index contributed by atoms with van der Waals surface area (Å²) in [7, 11) is 0. The van der Waals surface area contributed by atoms with Crippen LogP contribution in [0, 0.1) is 0 Å². The van der Waals surface area contributed by atoms with Crippen LogP contribution in [0.3, 0.4) is 0 Å². The van der Waals surface area contributed by atoms with Gasteiger partial charge in [-0.1, -0.05) is 12.1 Å². The van der Waals surface area contributed by atoms with E-state index in [1.807, 2.05) is 0 Å². The maximum absolute atomic E-state index is 9.55. The molecule has 1 aromatic heterocycles. The monoisotopic (exact) mass is 205 g/mol. The summed E-state index contributed by atoms with van der Waals surface area (Å²) < 4.78 is 5.29. The van der Waals surface area contributed by atoms with Gasteiger partial charge in [0.15, 0.2) is 5.76 Å². The van der Waals surface area contributed by atoms with Crippen molar-refractivity contribution in [3.05, 3.63) is 36.2 Å². The zero-order valence-electron chi connectivity index (χ0n) is 8.21. The van der Waals surface area contributed by atoms with Crippen molar-refractivity contribution < 1.29 is 14.6 Å². The molecule has 0 spiro atoms. The van der Waals surface area contributed by atoms with E-state index in [4.69, 9.17) is 4.42 Å². The summed E-state index contributed by atoms with van der Waals surface area (Å²) in [6.07, 6.45) is 0.754. The Kier molecular flexibility index (Phi) is 2.43. The Bertz CT molecular complexity index is 462. The van der Waals surface area contributed by atoms with Gasteiger partial charge in [0.1, 0.15) is 11.9 Å². The Morgan fingerprint density at radius 2 is 2.07 bits per heavy atom. The average Bonchev–Trinajstić information content (AvgIpc) is 2.67. The smallest absolute Gasteiger partial charge is 0.230 e. The van der Waals surface area contributed by atoms with Crippen molar-refractivity contribution in [1.29, 1.82) is 0 Å². The first-order chi connectivity index (χ1) is 7.18. The highest BCUT2D eigenvalue weighted by molar-refractivity contribution is 5.61. The van der Waals surface area contributed by atoms with Crippen LogP contribution in [-0.2, 0) is 0 Å². The predicted octanol–water partition coefficient (Wildman–Crippen LogP) is 2.10. The Labute approximate surface area is 86.8 Å². The lowest BCUT2D eigenvalue weighted by molar-refractivity contribution is 0.170. The minimum Gasteiger partial charge on any atom is -0.507 e. The van der Waals surface area contributed by atoms with Gasteiger partial charge in [-0.2, -0.15) is 0 Å². The van der Waals surface area contributed by atoms with Crippen LogP contribution in [0.4, 0.5) is 0 Å². The maximum Gasteiger partial charge on any atom is 0.230 e. The van der Waals surface area contributed by atoms with Crippen molar-refractivity contribution in [2.75, 3.05) is 0 Å². The van der Waals surface area contributed by atoms with Gasteiger partial charge in [-0.15, -0.1) is 0 Å². The second-order valence-corrected chi connectivity index (χ2v) is 3.26. The van der Waals surface area contributed by atoms with E-state index in [-0.39, 0.29) is 5.75 Å². The molecule has 1 unspecified atom stereocenters. The molecule has 2 aromatic rings. The fraction of sp³-hybridized carbons (Fsp3) is 0.182. The molecule has 0 bridgehead atoms. The fourth-order valence-electron chi connectivity index (χ4n) is 1.26. The number of hydrogen-bond donors (Lipinski definition) is 2. The van der Waals surface area contributed by atoms with Crippen LogP contribution in [-0.4, -0.2) is 15.2 Å². The summed E-state index contributed by atoms with van der Waals surface area (Å²) in [5, 5.41) is 18.8. The van der Waals surface area contributed by atoms with Gasteiger partial charge >= 0.3 is 0 Å². The van der Waals surface area contributed by atoms with Gasteiger partial charge in [0, 0.05) is 0 Å². The summed E-state index contributed by atoms with van der Waals surface area (Å²) >= 11 is 0. The minimum atomic E-state index is -0.697. The zero-order chi connectivity index (χ0) is 10.8. The highest BCUT2D eigenvalue weighted by Gasteiger charge is 2.12. The van der Waals surface area contributed by atoms with E-state index in [2.05, 4.69) is 4.98 Å². The Balaban J connectivity index is 2.42. The van der Waals surface area contributed by atoms with E-state index in [9.17, 15) is 10.2 Å². The Hall–Kier alpha value is -1.81. The number of phenols is 1. The number of aliphatic hydroxyl groups excluding tert-OH is 1. The lowest BCUT2D eigenvalue weighted by atomic mass is 10.2. The van der Waals surface area contributed by atoms with Crippen LogP contribution >= 0.6 is 0 Å². The molecule has 1 aromatic carbocycles. The third-order valence-corrected chi connectivity index (χ3v) is 2.07. The summed E-state index contributed by atoms with van der Waals surface area (Å²) in [6, 6.07) is 6.76. The SMILES string of the molecule is CC(O)c1cnc(-c2ccccc2O)o1. The van der Waals surface area contributed by atoms with Gasteiger partial charge in [-0.3, -0.25) is 0 Å². The molecule has 0 saturated carbocycles. The Morgan fingerprint density at radius 1 is 1.33 bits per heavy atom. The van der Waals surface area contributed by atoms with Crippen molar-refractivity contribution in [2.45, 2.75) is 13.0 Å². The summed E-state index contributed by atoms with van der Waals surface area (Å²) in [4.78, 5) is 3.98. The number of para-hydroxylation sites is 1. The van der Waals surface area contributed by atoms with Crippen LogP contribution in [0.2, 0.25) is 0 Å². The van der Waals surface area contributed by atoms with Crippen LogP contribution in [0.25, 0.3) is 11.5 Å². The molecule has 0 fully saturated rings. The Morgan fingerprint density at radius 3 is 2.67 bits per heavy atom. The molecule has 0 aliphatic carbocycles. The summed E-state index contributed by atoms with van der Waals surface area (Å²) in [5.41, 5.74) is 0.518. The predicted molar refractivity (Wildman–Crippen MR) is 54.2 cm³/mol. The molecule has 4 heteroatoms. The average molecular weight is 205 g/mol.